The standard InChI is InChI=1S/C20H14ClN5O/c21-15-8-10-16(11-9-15)23-20(27)18-24-19(14-5-2-1-3-6-14)26(25-18)17-7-4-12-22-13-17/h1-13H,(H,23,27). The second-order valence-corrected chi connectivity index (χ2v) is 6.15. The molecule has 0 fully saturated rings. The highest BCUT2D eigenvalue weighted by Crippen LogP contribution is 2.21. The molecule has 0 spiro atoms. The summed E-state index contributed by atoms with van der Waals surface area (Å²) in [7, 11) is 0. The highest BCUT2D eigenvalue weighted by molar-refractivity contribution is 6.30. The monoisotopic (exact) mass is 375 g/mol. The van der Waals surface area contributed by atoms with E-state index in [2.05, 4.69) is 20.4 Å². The molecule has 2 aromatic carbocycles. The van der Waals surface area contributed by atoms with Gasteiger partial charge in [0.2, 0.25) is 5.82 Å². The highest BCUT2D eigenvalue weighted by atomic mass is 35.5. The fourth-order valence-corrected chi connectivity index (χ4v) is 2.69. The van der Waals surface area contributed by atoms with E-state index in [9.17, 15) is 4.79 Å². The van der Waals surface area contributed by atoms with Crippen LogP contribution in [0.3, 0.4) is 0 Å². The van der Waals surface area contributed by atoms with E-state index in [1.54, 1.807) is 47.4 Å². The third kappa shape index (κ3) is 3.70. The molecule has 1 N–H and O–H groups in total. The normalized spacial score (nSPS) is 10.6. The Morgan fingerprint density at radius 1 is 0.963 bits per heavy atom. The molecule has 4 aromatic rings. The van der Waals surface area contributed by atoms with Gasteiger partial charge < -0.3 is 5.32 Å². The molecule has 132 valence electrons. The summed E-state index contributed by atoms with van der Waals surface area (Å²) in [5.41, 5.74) is 2.18. The van der Waals surface area contributed by atoms with Crippen LogP contribution in [0.25, 0.3) is 17.1 Å². The van der Waals surface area contributed by atoms with Gasteiger partial charge in [0.15, 0.2) is 5.82 Å². The van der Waals surface area contributed by atoms with E-state index in [4.69, 9.17) is 11.6 Å². The zero-order valence-electron chi connectivity index (χ0n) is 14.1. The molecule has 27 heavy (non-hydrogen) atoms. The summed E-state index contributed by atoms with van der Waals surface area (Å²) in [5, 5.41) is 7.77. The van der Waals surface area contributed by atoms with Crippen LogP contribution in [0.15, 0.2) is 79.1 Å². The van der Waals surface area contributed by atoms with Crippen LogP contribution in [0.4, 0.5) is 5.69 Å². The van der Waals surface area contributed by atoms with Gasteiger partial charge in [-0.2, -0.15) is 0 Å². The van der Waals surface area contributed by atoms with Gasteiger partial charge in [-0.25, -0.2) is 9.67 Å². The number of aromatic nitrogens is 4. The van der Waals surface area contributed by atoms with Crippen LogP contribution in [-0.4, -0.2) is 25.7 Å². The first-order chi connectivity index (χ1) is 13.2. The van der Waals surface area contributed by atoms with E-state index in [-0.39, 0.29) is 5.82 Å². The molecule has 0 radical (unpaired) electrons. The number of hydrogen-bond acceptors (Lipinski definition) is 4. The third-order valence-electron chi connectivity index (χ3n) is 3.83. The van der Waals surface area contributed by atoms with Crippen molar-refractivity contribution < 1.29 is 4.79 Å². The number of nitrogens with one attached hydrogen (secondary N) is 1. The Morgan fingerprint density at radius 2 is 1.74 bits per heavy atom. The molecule has 0 aliphatic rings. The Labute approximate surface area is 160 Å². The average Bonchev–Trinajstić information content (AvgIpc) is 3.17. The Bertz CT molecular complexity index is 1010. The maximum absolute atomic E-state index is 12.6. The van der Waals surface area contributed by atoms with Crippen LogP contribution >= 0.6 is 11.6 Å². The molecule has 4 rings (SSSR count). The number of rotatable bonds is 4. The first-order valence-corrected chi connectivity index (χ1v) is 8.58. The largest absolute Gasteiger partial charge is 0.319 e. The van der Waals surface area contributed by atoms with Crippen LogP contribution in [0, 0.1) is 0 Å². The van der Waals surface area contributed by atoms with Gasteiger partial charge in [0.05, 0.1) is 11.9 Å². The summed E-state index contributed by atoms with van der Waals surface area (Å²) >= 11 is 5.88. The highest BCUT2D eigenvalue weighted by Gasteiger charge is 2.19. The van der Waals surface area contributed by atoms with Crippen LogP contribution in [0.1, 0.15) is 10.6 Å². The second kappa shape index (κ2) is 7.39. The summed E-state index contributed by atoms with van der Waals surface area (Å²) < 4.78 is 1.61. The first kappa shape index (κ1) is 16.9. The molecule has 0 unspecified atom stereocenters. The minimum Gasteiger partial charge on any atom is -0.319 e. The molecule has 2 heterocycles. The first-order valence-electron chi connectivity index (χ1n) is 8.20. The van der Waals surface area contributed by atoms with Gasteiger partial charge in [-0.3, -0.25) is 9.78 Å². The van der Waals surface area contributed by atoms with Gasteiger partial charge in [0.1, 0.15) is 0 Å². The lowest BCUT2D eigenvalue weighted by Gasteiger charge is -2.04. The lowest BCUT2D eigenvalue weighted by molar-refractivity contribution is 0.101. The van der Waals surface area contributed by atoms with E-state index >= 15 is 0 Å². The number of hydrogen-bond donors (Lipinski definition) is 1. The van der Waals surface area contributed by atoms with Gasteiger partial charge >= 0.3 is 0 Å². The lowest BCUT2D eigenvalue weighted by Crippen LogP contribution is -2.14. The van der Waals surface area contributed by atoms with Crippen molar-refractivity contribution in [1.29, 1.82) is 0 Å². The molecule has 0 saturated carbocycles. The number of pyridine rings is 1. The van der Waals surface area contributed by atoms with E-state index in [0.717, 1.165) is 11.3 Å². The summed E-state index contributed by atoms with van der Waals surface area (Å²) in [6.07, 6.45) is 3.35. The predicted octanol–water partition coefficient (Wildman–Crippen LogP) is 4.24. The lowest BCUT2D eigenvalue weighted by atomic mass is 10.2. The molecule has 6 nitrogen and oxygen atoms in total. The topological polar surface area (TPSA) is 72.7 Å². The van der Waals surface area contributed by atoms with Crippen LogP contribution in [-0.2, 0) is 0 Å². The van der Waals surface area contributed by atoms with Gasteiger partial charge in [-0.1, -0.05) is 41.9 Å². The Morgan fingerprint density at radius 3 is 2.44 bits per heavy atom. The van der Waals surface area contributed by atoms with E-state index < -0.39 is 5.91 Å². The van der Waals surface area contributed by atoms with E-state index in [1.807, 2.05) is 36.4 Å². The maximum atomic E-state index is 12.6. The Balaban J connectivity index is 1.72. The Kier molecular flexibility index (Phi) is 4.63. The molecule has 0 atom stereocenters. The molecule has 1 amide bonds. The van der Waals surface area contributed by atoms with Crippen molar-refractivity contribution >= 4 is 23.2 Å². The molecule has 7 heteroatoms. The molecule has 0 aliphatic carbocycles. The number of carbonyl (C=O) groups excluding carboxylic acids is 1. The number of halogens is 1. The number of anilines is 1. The van der Waals surface area contributed by atoms with Crippen LogP contribution in [0.5, 0.6) is 0 Å². The third-order valence-corrected chi connectivity index (χ3v) is 4.09. The Hall–Kier alpha value is -3.51. The van der Waals surface area contributed by atoms with Gasteiger partial charge in [-0.15, -0.1) is 5.10 Å². The van der Waals surface area contributed by atoms with Gasteiger partial charge in [-0.05, 0) is 36.4 Å². The van der Waals surface area contributed by atoms with Crippen molar-refractivity contribution in [2.24, 2.45) is 0 Å². The molecule has 0 bridgehead atoms. The summed E-state index contributed by atoms with van der Waals surface area (Å²) in [4.78, 5) is 21.2. The number of nitrogens with zero attached hydrogens (tertiary/aromatic N) is 4. The smallest absolute Gasteiger partial charge is 0.295 e. The van der Waals surface area contributed by atoms with Crippen molar-refractivity contribution in [3.8, 4) is 17.1 Å². The van der Waals surface area contributed by atoms with Crippen molar-refractivity contribution in [1.82, 2.24) is 19.7 Å². The number of amides is 1. The minimum atomic E-state index is -0.405. The molecule has 0 aliphatic heterocycles. The summed E-state index contributed by atoms with van der Waals surface area (Å²) in [5.74, 6) is 0.217. The average molecular weight is 376 g/mol. The predicted molar refractivity (Wildman–Crippen MR) is 104 cm³/mol. The molecular weight excluding hydrogens is 362 g/mol. The summed E-state index contributed by atoms with van der Waals surface area (Å²) in [6.45, 7) is 0. The zero-order chi connectivity index (χ0) is 18.6. The van der Waals surface area contributed by atoms with Crippen molar-refractivity contribution in [3.63, 3.8) is 0 Å². The summed E-state index contributed by atoms with van der Waals surface area (Å²) in [6, 6.07) is 20.1. The molecule has 2 aromatic heterocycles. The van der Waals surface area contributed by atoms with Crippen LogP contribution in [0.2, 0.25) is 5.02 Å². The van der Waals surface area contributed by atoms with Crippen molar-refractivity contribution in [2.75, 3.05) is 5.32 Å². The SMILES string of the molecule is O=C(Nc1ccc(Cl)cc1)c1nc(-c2ccccc2)n(-c2cccnc2)n1. The fourth-order valence-electron chi connectivity index (χ4n) is 2.56. The molecule has 0 saturated heterocycles. The quantitative estimate of drug-likeness (QED) is 0.579. The second-order valence-electron chi connectivity index (χ2n) is 5.71. The van der Waals surface area contributed by atoms with Gasteiger partial charge in [0.25, 0.3) is 5.91 Å². The van der Waals surface area contributed by atoms with Crippen LogP contribution < -0.4 is 5.32 Å². The number of carbonyl (C=O) groups is 1. The van der Waals surface area contributed by atoms with Gasteiger partial charge in [0, 0.05) is 22.5 Å². The van der Waals surface area contributed by atoms with E-state index in [1.165, 1.54) is 0 Å². The number of benzene rings is 2. The maximum Gasteiger partial charge on any atom is 0.295 e. The fraction of sp³-hybridized carbons (Fsp3) is 0. The zero-order valence-corrected chi connectivity index (χ0v) is 14.8. The van der Waals surface area contributed by atoms with E-state index in [0.29, 0.717) is 16.5 Å². The minimum absolute atomic E-state index is 0.0626. The molecular formula is C20H14ClN5O. The van der Waals surface area contributed by atoms with Crippen molar-refractivity contribution in [3.05, 3.63) is 90.0 Å². The van der Waals surface area contributed by atoms with Crippen molar-refractivity contribution in [2.45, 2.75) is 0 Å².